The Morgan fingerprint density at radius 1 is 1.57 bits per heavy atom. The maximum Gasteiger partial charge on any atom is 0.265 e. The topological polar surface area (TPSA) is 30.0 Å². The van der Waals surface area contributed by atoms with Crippen molar-refractivity contribution in [3.8, 4) is 0 Å². The van der Waals surface area contributed by atoms with E-state index in [2.05, 4.69) is 4.98 Å². The summed E-state index contributed by atoms with van der Waals surface area (Å²) in [7, 11) is 0. The van der Waals surface area contributed by atoms with Crippen molar-refractivity contribution >= 4 is 29.5 Å². The summed E-state index contributed by atoms with van der Waals surface area (Å²) in [5.41, 5.74) is -0.417. The maximum absolute atomic E-state index is 12.4. The molecule has 0 aliphatic carbocycles. The van der Waals surface area contributed by atoms with Crippen LogP contribution >= 0.6 is 23.2 Å². The van der Waals surface area contributed by atoms with Gasteiger partial charge in [0, 0.05) is 5.56 Å². The van der Waals surface area contributed by atoms with Gasteiger partial charge in [-0.1, -0.05) is 11.6 Å². The van der Waals surface area contributed by atoms with E-state index in [0.29, 0.717) is 6.29 Å². The van der Waals surface area contributed by atoms with E-state index in [1.54, 1.807) is 0 Å². The van der Waals surface area contributed by atoms with Gasteiger partial charge in [-0.15, -0.1) is 11.6 Å². The predicted octanol–water partition coefficient (Wildman–Crippen LogP) is 3.22. The molecule has 0 saturated carbocycles. The highest BCUT2D eigenvalue weighted by molar-refractivity contribution is 6.31. The van der Waals surface area contributed by atoms with Crippen molar-refractivity contribution in [3.63, 3.8) is 0 Å². The standard InChI is InChI=1S/C8H5Cl2F2NO/c9-2-6-5(8(11)12)1-4(3-14)7(10)13-6/h1,3,8H,2H2. The van der Waals surface area contributed by atoms with Gasteiger partial charge in [0.25, 0.3) is 6.43 Å². The molecule has 1 aromatic rings. The van der Waals surface area contributed by atoms with Gasteiger partial charge in [0.05, 0.1) is 17.1 Å². The predicted molar refractivity (Wildman–Crippen MR) is 49.1 cm³/mol. The van der Waals surface area contributed by atoms with Crippen molar-refractivity contribution in [2.24, 2.45) is 0 Å². The molecule has 0 radical (unpaired) electrons. The minimum absolute atomic E-state index is 0.00253. The van der Waals surface area contributed by atoms with Crippen LogP contribution < -0.4 is 0 Å². The highest BCUT2D eigenvalue weighted by Crippen LogP contribution is 2.26. The molecule has 6 heteroatoms. The first-order valence-corrected chi connectivity index (χ1v) is 4.50. The van der Waals surface area contributed by atoms with Crippen molar-refractivity contribution in [1.82, 2.24) is 4.98 Å². The first-order valence-electron chi connectivity index (χ1n) is 3.58. The molecule has 0 bridgehead atoms. The van der Waals surface area contributed by atoms with Crippen molar-refractivity contribution < 1.29 is 13.6 Å². The van der Waals surface area contributed by atoms with Crippen molar-refractivity contribution in [2.45, 2.75) is 12.3 Å². The number of aromatic nitrogens is 1. The first kappa shape index (κ1) is 11.3. The van der Waals surface area contributed by atoms with Crippen LogP contribution in [0, 0.1) is 0 Å². The molecule has 0 saturated heterocycles. The molecule has 0 amide bonds. The Morgan fingerprint density at radius 2 is 2.21 bits per heavy atom. The number of pyridine rings is 1. The summed E-state index contributed by atoms with van der Waals surface area (Å²) in [5, 5.41) is -0.111. The highest BCUT2D eigenvalue weighted by atomic mass is 35.5. The van der Waals surface area contributed by atoms with Crippen LogP contribution in [0.5, 0.6) is 0 Å². The molecule has 0 atom stereocenters. The summed E-state index contributed by atoms with van der Waals surface area (Å²) >= 11 is 10.9. The molecule has 0 N–H and O–H groups in total. The zero-order chi connectivity index (χ0) is 10.7. The fourth-order valence-electron chi connectivity index (χ4n) is 0.937. The zero-order valence-electron chi connectivity index (χ0n) is 6.81. The van der Waals surface area contributed by atoms with Crippen molar-refractivity contribution in [2.75, 3.05) is 0 Å². The minimum Gasteiger partial charge on any atom is -0.298 e. The second-order valence-corrected chi connectivity index (χ2v) is 3.08. The first-order chi connectivity index (χ1) is 6.60. The number of halogens is 4. The lowest BCUT2D eigenvalue weighted by molar-refractivity contribution is 0.112. The van der Waals surface area contributed by atoms with E-state index in [4.69, 9.17) is 23.2 Å². The van der Waals surface area contributed by atoms with Gasteiger partial charge >= 0.3 is 0 Å². The molecule has 14 heavy (non-hydrogen) atoms. The van der Waals surface area contributed by atoms with E-state index >= 15 is 0 Å². The van der Waals surface area contributed by atoms with Gasteiger partial charge in [0.2, 0.25) is 0 Å². The number of nitrogens with zero attached hydrogens (tertiary/aromatic N) is 1. The third-order valence-corrected chi connectivity index (χ3v) is 2.16. The van der Waals surface area contributed by atoms with Gasteiger partial charge in [0.1, 0.15) is 5.15 Å². The van der Waals surface area contributed by atoms with E-state index in [1.807, 2.05) is 0 Å². The Labute approximate surface area is 88.8 Å². The Morgan fingerprint density at radius 3 is 2.64 bits per heavy atom. The molecule has 0 unspecified atom stereocenters. The smallest absolute Gasteiger partial charge is 0.265 e. The van der Waals surface area contributed by atoms with Gasteiger partial charge in [-0.3, -0.25) is 4.79 Å². The molecule has 0 aliphatic rings. The second kappa shape index (κ2) is 4.66. The second-order valence-electron chi connectivity index (χ2n) is 2.46. The maximum atomic E-state index is 12.4. The van der Waals surface area contributed by atoms with Crippen LogP contribution in [0.1, 0.15) is 28.0 Å². The summed E-state index contributed by atoms with van der Waals surface area (Å²) in [5.74, 6) is -0.168. The lowest BCUT2D eigenvalue weighted by Crippen LogP contribution is -2.00. The van der Waals surface area contributed by atoms with Crippen LogP contribution in [0.3, 0.4) is 0 Å². The molecule has 1 rings (SSSR count). The van der Waals surface area contributed by atoms with E-state index in [0.717, 1.165) is 6.07 Å². The molecule has 1 heterocycles. The molecule has 1 aromatic heterocycles. The monoisotopic (exact) mass is 239 g/mol. The number of hydrogen-bond donors (Lipinski definition) is 0. The van der Waals surface area contributed by atoms with Gasteiger partial charge in [-0.25, -0.2) is 13.8 Å². The van der Waals surface area contributed by atoms with Crippen LogP contribution in [-0.2, 0) is 5.88 Å². The minimum atomic E-state index is -2.72. The largest absolute Gasteiger partial charge is 0.298 e. The molecule has 0 aromatic carbocycles. The summed E-state index contributed by atoms with van der Waals surface area (Å²) in [4.78, 5) is 14.0. The zero-order valence-corrected chi connectivity index (χ0v) is 8.32. The van der Waals surface area contributed by atoms with Crippen LogP contribution in [0.15, 0.2) is 6.07 Å². The summed E-state index contributed by atoms with van der Waals surface area (Å²) < 4.78 is 24.8. The SMILES string of the molecule is O=Cc1cc(C(F)F)c(CCl)nc1Cl. The third-order valence-electron chi connectivity index (χ3n) is 1.60. The third kappa shape index (κ3) is 2.19. The van der Waals surface area contributed by atoms with Gasteiger partial charge in [-0.05, 0) is 6.07 Å². The number of carbonyl (C=O) groups is 1. The summed E-state index contributed by atoms with van der Waals surface area (Å²) in [6.07, 6.45) is -2.34. The van der Waals surface area contributed by atoms with E-state index < -0.39 is 6.43 Å². The van der Waals surface area contributed by atoms with Crippen LogP contribution in [-0.4, -0.2) is 11.3 Å². The lowest BCUT2D eigenvalue weighted by Gasteiger charge is -2.06. The van der Waals surface area contributed by atoms with E-state index in [9.17, 15) is 13.6 Å². The molecule has 2 nitrogen and oxygen atoms in total. The fourth-order valence-corrected chi connectivity index (χ4v) is 1.35. The number of alkyl halides is 3. The molecular formula is C8H5Cl2F2NO. The van der Waals surface area contributed by atoms with Crippen molar-refractivity contribution in [1.29, 1.82) is 0 Å². The van der Waals surface area contributed by atoms with E-state index in [-0.39, 0.29) is 27.9 Å². The molecule has 76 valence electrons. The van der Waals surface area contributed by atoms with Gasteiger partial charge < -0.3 is 0 Å². The van der Waals surface area contributed by atoms with E-state index in [1.165, 1.54) is 0 Å². The number of carbonyl (C=O) groups excluding carboxylic acids is 1. The van der Waals surface area contributed by atoms with Gasteiger partial charge in [-0.2, -0.15) is 0 Å². The molecular weight excluding hydrogens is 235 g/mol. The molecule has 0 spiro atoms. The fraction of sp³-hybridized carbons (Fsp3) is 0.250. The average molecular weight is 240 g/mol. The van der Waals surface area contributed by atoms with Crippen LogP contribution in [0.4, 0.5) is 8.78 Å². The number of hydrogen-bond acceptors (Lipinski definition) is 2. The Bertz CT molecular complexity index is 357. The Hall–Kier alpha value is -0.740. The number of rotatable bonds is 3. The quantitative estimate of drug-likeness (QED) is 0.461. The lowest BCUT2D eigenvalue weighted by atomic mass is 10.1. The summed E-state index contributed by atoms with van der Waals surface area (Å²) in [6, 6.07) is 1.00. The normalized spacial score (nSPS) is 10.6. The average Bonchev–Trinajstić information content (AvgIpc) is 2.16. The van der Waals surface area contributed by atoms with Crippen LogP contribution in [0.2, 0.25) is 5.15 Å². The Kier molecular flexibility index (Phi) is 3.77. The Balaban J connectivity index is 3.32. The van der Waals surface area contributed by atoms with Crippen molar-refractivity contribution in [3.05, 3.63) is 28.0 Å². The highest BCUT2D eigenvalue weighted by Gasteiger charge is 2.16. The number of aldehydes is 1. The van der Waals surface area contributed by atoms with Gasteiger partial charge in [0.15, 0.2) is 6.29 Å². The molecule has 0 fully saturated rings. The van der Waals surface area contributed by atoms with Crippen LogP contribution in [0.25, 0.3) is 0 Å². The molecule has 0 aliphatic heterocycles. The summed E-state index contributed by atoms with van der Waals surface area (Å²) in [6.45, 7) is 0.